The number of carbonyl (C=O) groups excluding carboxylic acids is 1. The third-order valence-electron chi connectivity index (χ3n) is 4.32. The van der Waals surface area contributed by atoms with Gasteiger partial charge in [-0.3, -0.25) is 9.48 Å². The molecule has 1 aliphatic rings. The van der Waals surface area contributed by atoms with Crippen molar-refractivity contribution in [1.29, 1.82) is 0 Å². The van der Waals surface area contributed by atoms with Crippen LogP contribution in [0.25, 0.3) is 0 Å². The molecule has 0 bridgehead atoms. The number of carbonyl (C=O) groups is 1. The van der Waals surface area contributed by atoms with E-state index in [9.17, 15) is 18.0 Å². The number of fused-ring (bicyclic) bond motifs is 1. The Morgan fingerprint density at radius 3 is 2.59 bits per heavy atom. The minimum absolute atomic E-state index is 0.117. The Hall–Kier alpha value is -3.49. The molecule has 0 aliphatic carbocycles. The van der Waals surface area contributed by atoms with Gasteiger partial charge in [0, 0.05) is 11.8 Å². The number of amides is 1. The molecule has 150 valence electrons. The van der Waals surface area contributed by atoms with Crippen LogP contribution >= 0.6 is 0 Å². The van der Waals surface area contributed by atoms with Crippen LogP contribution < -0.4 is 14.8 Å². The second-order valence-electron chi connectivity index (χ2n) is 6.48. The SMILES string of the molecule is O=C(Nc1cnn(CC2COc3ccccc3O2)c1)c1ccc(C(F)(F)F)cc1. The molecule has 9 heteroatoms. The molecule has 2 aromatic carbocycles. The lowest BCUT2D eigenvalue weighted by atomic mass is 10.1. The van der Waals surface area contributed by atoms with Gasteiger partial charge in [-0.15, -0.1) is 0 Å². The maximum Gasteiger partial charge on any atom is 0.416 e. The van der Waals surface area contributed by atoms with Crippen LogP contribution in [0, 0.1) is 0 Å². The molecule has 0 saturated heterocycles. The molecular weight excluding hydrogens is 387 g/mol. The van der Waals surface area contributed by atoms with Crippen LogP contribution in [-0.2, 0) is 12.7 Å². The van der Waals surface area contributed by atoms with Crippen molar-refractivity contribution >= 4 is 11.6 Å². The van der Waals surface area contributed by atoms with Crippen LogP contribution in [-0.4, -0.2) is 28.4 Å². The number of ether oxygens (including phenoxy) is 2. The number of halogens is 3. The second-order valence-corrected chi connectivity index (χ2v) is 6.48. The first-order valence-electron chi connectivity index (χ1n) is 8.78. The molecule has 2 heterocycles. The van der Waals surface area contributed by atoms with Crippen LogP contribution in [0.1, 0.15) is 15.9 Å². The van der Waals surface area contributed by atoms with Gasteiger partial charge in [0.2, 0.25) is 0 Å². The van der Waals surface area contributed by atoms with E-state index in [2.05, 4.69) is 10.4 Å². The number of aromatic nitrogens is 2. The summed E-state index contributed by atoms with van der Waals surface area (Å²) in [5.41, 5.74) is -0.267. The average molecular weight is 403 g/mol. The molecule has 0 fully saturated rings. The molecule has 1 N–H and O–H groups in total. The summed E-state index contributed by atoms with van der Waals surface area (Å²) in [6.45, 7) is 0.772. The van der Waals surface area contributed by atoms with E-state index in [1.165, 1.54) is 6.20 Å². The summed E-state index contributed by atoms with van der Waals surface area (Å²) in [6.07, 6.45) is -1.62. The molecule has 1 atom stereocenters. The number of benzene rings is 2. The standard InChI is InChI=1S/C20H16F3N3O3/c21-20(22,23)14-7-5-13(6-8-14)19(27)25-15-9-24-26(10-15)11-16-12-28-17-3-1-2-4-18(17)29-16/h1-10,16H,11-12H2,(H,25,27). The quantitative estimate of drug-likeness (QED) is 0.715. The molecule has 0 radical (unpaired) electrons. The fourth-order valence-corrected chi connectivity index (χ4v) is 2.90. The second kappa shape index (κ2) is 7.50. The van der Waals surface area contributed by atoms with Gasteiger partial charge in [0.25, 0.3) is 5.91 Å². The van der Waals surface area contributed by atoms with E-state index in [-0.39, 0.29) is 11.7 Å². The molecule has 1 aromatic heterocycles. The zero-order valence-electron chi connectivity index (χ0n) is 15.0. The monoisotopic (exact) mass is 403 g/mol. The van der Waals surface area contributed by atoms with Crippen LogP contribution in [0.4, 0.5) is 18.9 Å². The molecule has 0 saturated carbocycles. The summed E-state index contributed by atoms with van der Waals surface area (Å²) >= 11 is 0. The number of rotatable bonds is 4. The summed E-state index contributed by atoms with van der Waals surface area (Å²) in [4.78, 5) is 12.2. The molecule has 4 rings (SSSR count). The fraction of sp³-hybridized carbons (Fsp3) is 0.200. The first kappa shape index (κ1) is 18.9. The number of nitrogens with one attached hydrogen (secondary N) is 1. The highest BCUT2D eigenvalue weighted by Crippen LogP contribution is 2.31. The van der Waals surface area contributed by atoms with Crippen molar-refractivity contribution in [2.75, 3.05) is 11.9 Å². The van der Waals surface area contributed by atoms with E-state index in [0.29, 0.717) is 30.3 Å². The maximum atomic E-state index is 12.6. The molecule has 1 aliphatic heterocycles. The lowest BCUT2D eigenvalue weighted by Crippen LogP contribution is -2.33. The lowest BCUT2D eigenvalue weighted by Gasteiger charge is -2.26. The van der Waals surface area contributed by atoms with Crippen LogP contribution in [0.15, 0.2) is 60.9 Å². The number of alkyl halides is 3. The minimum Gasteiger partial charge on any atom is -0.486 e. The fourth-order valence-electron chi connectivity index (χ4n) is 2.90. The van der Waals surface area contributed by atoms with Gasteiger partial charge in [-0.2, -0.15) is 18.3 Å². The Kier molecular flexibility index (Phi) is 4.87. The van der Waals surface area contributed by atoms with Crippen molar-refractivity contribution in [2.45, 2.75) is 18.8 Å². The molecular formula is C20H16F3N3O3. The molecule has 1 unspecified atom stereocenters. The van der Waals surface area contributed by atoms with E-state index >= 15 is 0 Å². The van der Waals surface area contributed by atoms with Crippen LogP contribution in [0.5, 0.6) is 11.5 Å². The lowest BCUT2D eigenvalue weighted by molar-refractivity contribution is -0.137. The Morgan fingerprint density at radius 1 is 1.14 bits per heavy atom. The van der Waals surface area contributed by atoms with E-state index in [1.54, 1.807) is 10.9 Å². The maximum absolute atomic E-state index is 12.6. The zero-order chi connectivity index (χ0) is 20.4. The number of hydrogen-bond donors (Lipinski definition) is 1. The first-order chi connectivity index (χ1) is 13.9. The molecule has 1 amide bonds. The molecule has 3 aromatic rings. The number of para-hydroxylation sites is 2. The zero-order valence-corrected chi connectivity index (χ0v) is 15.0. The van der Waals surface area contributed by atoms with E-state index < -0.39 is 17.6 Å². The number of anilines is 1. The highest BCUT2D eigenvalue weighted by molar-refractivity contribution is 6.04. The van der Waals surface area contributed by atoms with E-state index in [0.717, 1.165) is 24.3 Å². The van der Waals surface area contributed by atoms with Crippen molar-refractivity contribution < 1.29 is 27.4 Å². The van der Waals surface area contributed by atoms with Gasteiger partial charge in [-0.1, -0.05) is 12.1 Å². The summed E-state index contributed by atoms with van der Waals surface area (Å²) in [5, 5.41) is 6.79. The highest BCUT2D eigenvalue weighted by atomic mass is 19.4. The smallest absolute Gasteiger partial charge is 0.416 e. The molecule has 6 nitrogen and oxygen atoms in total. The minimum atomic E-state index is -4.44. The molecule has 0 spiro atoms. The Morgan fingerprint density at radius 2 is 1.86 bits per heavy atom. The highest BCUT2D eigenvalue weighted by Gasteiger charge is 2.30. The number of hydrogen-bond acceptors (Lipinski definition) is 4. The van der Waals surface area contributed by atoms with Crippen molar-refractivity contribution in [3.8, 4) is 11.5 Å². The van der Waals surface area contributed by atoms with Crippen molar-refractivity contribution in [2.24, 2.45) is 0 Å². The Balaban J connectivity index is 1.36. The van der Waals surface area contributed by atoms with E-state index in [4.69, 9.17) is 9.47 Å². The van der Waals surface area contributed by atoms with Gasteiger partial charge in [0.05, 0.1) is 24.0 Å². The molecule has 29 heavy (non-hydrogen) atoms. The topological polar surface area (TPSA) is 65.4 Å². The summed E-state index contributed by atoms with van der Waals surface area (Å²) in [5.74, 6) is 0.824. The Labute approximate surface area is 163 Å². The van der Waals surface area contributed by atoms with E-state index in [1.807, 2.05) is 24.3 Å². The van der Waals surface area contributed by atoms with Gasteiger partial charge in [0.1, 0.15) is 6.61 Å². The first-order valence-corrected chi connectivity index (χ1v) is 8.78. The van der Waals surface area contributed by atoms with Crippen molar-refractivity contribution in [3.05, 3.63) is 72.1 Å². The van der Waals surface area contributed by atoms with Gasteiger partial charge >= 0.3 is 6.18 Å². The summed E-state index contributed by atoms with van der Waals surface area (Å²) in [6, 6.07) is 11.4. The summed E-state index contributed by atoms with van der Waals surface area (Å²) < 4.78 is 51.0. The largest absolute Gasteiger partial charge is 0.486 e. The summed E-state index contributed by atoms with van der Waals surface area (Å²) in [7, 11) is 0. The third-order valence-corrected chi connectivity index (χ3v) is 4.32. The van der Waals surface area contributed by atoms with Crippen molar-refractivity contribution in [1.82, 2.24) is 9.78 Å². The van der Waals surface area contributed by atoms with Gasteiger partial charge in [0.15, 0.2) is 17.6 Å². The van der Waals surface area contributed by atoms with Crippen molar-refractivity contribution in [3.63, 3.8) is 0 Å². The Bertz CT molecular complexity index is 1020. The predicted octanol–water partition coefficient (Wildman–Crippen LogP) is 3.99. The van der Waals surface area contributed by atoms with Crippen LogP contribution in [0.2, 0.25) is 0 Å². The van der Waals surface area contributed by atoms with Gasteiger partial charge in [-0.05, 0) is 36.4 Å². The van der Waals surface area contributed by atoms with Crippen LogP contribution in [0.3, 0.4) is 0 Å². The average Bonchev–Trinajstić information content (AvgIpc) is 3.14. The van der Waals surface area contributed by atoms with Gasteiger partial charge in [-0.25, -0.2) is 0 Å². The number of nitrogens with zero attached hydrogens (tertiary/aromatic N) is 2. The normalized spacial score (nSPS) is 15.8. The third kappa shape index (κ3) is 4.34. The predicted molar refractivity (Wildman–Crippen MR) is 98.0 cm³/mol. The van der Waals surface area contributed by atoms with Gasteiger partial charge < -0.3 is 14.8 Å².